The van der Waals surface area contributed by atoms with Crippen molar-refractivity contribution >= 4 is 11.7 Å². The number of carbonyl (C=O) groups is 1. The Morgan fingerprint density at radius 2 is 2.32 bits per heavy atom. The van der Waals surface area contributed by atoms with E-state index in [0.717, 1.165) is 37.4 Å². The largest absolute Gasteiger partial charge is 0.370 e. The molecule has 1 fully saturated rings. The first kappa shape index (κ1) is 13.8. The molecule has 0 aliphatic carbocycles. The fraction of sp³-hybridized carbons (Fsp3) is 0.600. The Hall–Kier alpha value is -1.58. The maximum Gasteiger partial charge on any atom is 0.254 e. The second-order valence-electron chi connectivity index (χ2n) is 5.95. The minimum atomic E-state index is 0.120. The molecule has 0 saturated carbocycles. The molecule has 4 heteroatoms. The number of nitrogens with one attached hydrogen (secondary N) is 1. The standard InChI is InChI=1S/C15H23N3O/c1-4-16-13-10-12(6-8-17-13)14(19)18-9-5-7-15(2,3)11-18/h6,8,10H,4-5,7,9,11H2,1-3H3,(H,16,17). The van der Waals surface area contributed by atoms with Gasteiger partial charge < -0.3 is 10.2 Å². The molecule has 1 aliphatic heterocycles. The van der Waals surface area contributed by atoms with Gasteiger partial charge in [0.15, 0.2) is 0 Å². The van der Waals surface area contributed by atoms with E-state index in [1.165, 1.54) is 6.42 Å². The van der Waals surface area contributed by atoms with Crippen LogP contribution >= 0.6 is 0 Å². The van der Waals surface area contributed by atoms with E-state index in [0.29, 0.717) is 0 Å². The van der Waals surface area contributed by atoms with E-state index in [4.69, 9.17) is 0 Å². The zero-order valence-corrected chi connectivity index (χ0v) is 12.1. The maximum atomic E-state index is 12.5. The summed E-state index contributed by atoms with van der Waals surface area (Å²) in [5, 5.41) is 3.14. The van der Waals surface area contributed by atoms with Crippen LogP contribution in [0.3, 0.4) is 0 Å². The second kappa shape index (κ2) is 5.59. The average molecular weight is 261 g/mol. The molecule has 0 aromatic carbocycles. The van der Waals surface area contributed by atoms with Crippen molar-refractivity contribution in [3.8, 4) is 0 Å². The summed E-state index contributed by atoms with van der Waals surface area (Å²) in [5.74, 6) is 0.888. The number of amides is 1. The van der Waals surface area contributed by atoms with E-state index >= 15 is 0 Å². The molecule has 1 aliphatic rings. The number of rotatable bonds is 3. The number of hydrogen-bond acceptors (Lipinski definition) is 3. The van der Waals surface area contributed by atoms with Gasteiger partial charge in [0.05, 0.1) is 0 Å². The Balaban J connectivity index is 2.12. The Bertz CT molecular complexity index is 456. The van der Waals surface area contributed by atoms with Crippen LogP contribution in [0.25, 0.3) is 0 Å². The van der Waals surface area contributed by atoms with Crippen LogP contribution in [0.2, 0.25) is 0 Å². The first-order valence-electron chi connectivity index (χ1n) is 7.01. The van der Waals surface area contributed by atoms with Gasteiger partial charge in [-0.2, -0.15) is 0 Å². The number of hydrogen-bond donors (Lipinski definition) is 1. The molecule has 1 aromatic heterocycles. The number of carbonyl (C=O) groups excluding carboxylic acids is 1. The molecular formula is C15H23N3O. The monoisotopic (exact) mass is 261 g/mol. The van der Waals surface area contributed by atoms with Crippen LogP contribution in [0.5, 0.6) is 0 Å². The first-order valence-corrected chi connectivity index (χ1v) is 7.01. The minimum Gasteiger partial charge on any atom is -0.370 e. The van der Waals surface area contributed by atoms with Gasteiger partial charge in [-0.05, 0) is 37.3 Å². The highest BCUT2D eigenvalue weighted by atomic mass is 16.2. The molecule has 2 rings (SSSR count). The van der Waals surface area contributed by atoms with E-state index in [1.807, 2.05) is 17.9 Å². The molecule has 1 N–H and O–H groups in total. The normalized spacial score (nSPS) is 18.2. The fourth-order valence-corrected chi connectivity index (χ4v) is 2.62. The van der Waals surface area contributed by atoms with Crippen molar-refractivity contribution in [1.29, 1.82) is 0 Å². The summed E-state index contributed by atoms with van der Waals surface area (Å²) < 4.78 is 0. The summed E-state index contributed by atoms with van der Waals surface area (Å²) in [4.78, 5) is 18.7. The average Bonchev–Trinajstić information content (AvgIpc) is 2.37. The summed E-state index contributed by atoms with van der Waals surface area (Å²) >= 11 is 0. The number of nitrogens with zero attached hydrogens (tertiary/aromatic N) is 2. The number of likely N-dealkylation sites (tertiary alicyclic amines) is 1. The molecule has 1 aromatic rings. The SMILES string of the molecule is CCNc1cc(C(=O)N2CCCC(C)(C)C2)ccn1. The lowest BCUT2D eigenvalue weighted by molar-refractivity contribution is 0.0583. The number of anilines is 1. The molecule has 2 heterocycles. The van der Waals surface area contributed by atoms with E-state index < -0.39 is 0 Å². The van der Waals surface area contributed by atoms with Gasteiger partial charge in [0.2, 0.25) is 0 Å². The van der Waals surface area contributed by atoms with Gasteiger partial charge in [-0.1, -0.05) is 13.8 Å². The van der Waals surface area contributed by atoms with Crippen molar-refractivity contribution < 1.29 is 4.79 Å². The lowest BCUT2D eigenvalue weighted by atomic mass is 9.84. The molecule has 1 amide bonds. The number of aromatic nitrogens is 1. The van der Waals surface area contributed by atoms with Crippen LogP contribution in [-0.2, 0) is 0 Å². The highest BCUT2D eigenvalue weighted by Gasteiger charge is 2.29. The summed E-state index contributed by atoms with van der Waals surface area (Å²) in [5.41, 5.74) is 0.953. The smallest absolute Gasteiger partial charge is 0.254 e. The first-order chi connectivity index (χ1) is 9.02. The predicted molar refractivity (Wildman–Crippen MR) is 77.3 cm³/mol. The minimum absolute atomic E-state index is 0.120. The van der Waals surface area contributed by atoms with E-state index in [-0.39, 0.29) is 11.3 Å². The lowest BCUT2D eigenvalue weighted by Crippen LogP contribution is -2.43. The van der Waals surface area contributed by atoms with Gasteiger partial charge in [-0.25, -0.2) is 4.98 Å². The van der Waals surface area contributed by atoms with Crippen molar-refractivity contribution in [3.63, 3.8) is 0 Å². The molecule has 0 spiro atoms. The van der Waals surface area contributed by atoms with Gasteiger partial charge in [0.1, 0.15) is 5.82 Å². The lowest BCUT2D eigenvalue weighted by Gasteiger charge is -2.38. The molecule has 0 radical (unpaired) electrons. The molecule has 19 heavy (non-hydrogen) atoms. The van der Waals surface area contributed by atoms with Gasteiger partial charge in [0, 0.05) is 31.4 Å². The zero-order chi connectivity index (χ0) is 13.9. The van der Waals surface area contributed by atoms with Crippen LogP contribution in [0, 0.1) is 5.41 Å². The van der Waals surface area contributed by atoms with Crippen LogP contribution < -0.4 is 5.32 Å². The highest BCUT2D eigenvalue weighted by Crippen LogP contribution is 2.29. The summed E-state index contributed by atoms with van der Waals surface area (Å²) in [6.07, 6.45) is 3.97. The third-order valence-electron chi connectivity index (χ3n) is 3.55. The van der Waals surface area contributed by atoms with Crippen molar-refractivity contribution in [2.75, 3.05) is 25.0 Å². The highest BCUT2D eigenvalue weighted by molar-refractivity contribution is 5.94. The summed E-state index contributed by atoms with van der Waals surface area (Å²) in [7, 11) is 0. The van der Waals surface area contributed by atoms with Gasteiger partial charge in [-0.15, -0.1) is 0 Å². The van der Waals surface area contributed by atoms with Crippen LogP contribution in [0.4, 0.5) is 5.82 Å². The van der Waals surface area contributed by atoms with Crippen molar-refractivity contribution in [2.24, 2.45) is 5.41 Å². The van der Waals surface area contributed by atoms with Crippen LogP contribution in [0.1, 0.15) is 44.0 Å². The molecule has 104 valence electrons. The van der Waals surface area contributed by atoms with E-state index in [2.05, 4.69) is 24.1 Å². The number of piperidine rings is 1. The topological polar surface area (TPSA) is 45.2 Å². The summed E-state index contributed by atoms with van der Waals surface area (Å²) in [6.45, 7) is 8.97. The van der Waals surface area contributed by atoms with E-state index in [9.17, 15) is 4.79 Å². The molecule has 0 atom stereocenters. The molecule has 1 saturated heterocycles. The van der Waals surface area contributed by atoms with Crippen molar-refractivity contribution in [1.82, 2.24) is 9.88 Å². The Kier molecular flexibility index (Phi) is 4.08. The molecule has 0 unspecified atom stereocenters. The van der Waals surface area contributed by atoms with Crippen LogP contribution in [0.15, 0.2) is 18.3 Å². The Morgan fingerprint density at radius 1 is 1.53 bits per heavy atom. The van der Waals surface area contributed by atoms with Gasteiger partial charge >= 0.3 is 0 Å². The Labute approximate surface area is 115 Å². The third-order valence-corrected chi connectivity index (χ3v) is 3.55. The van der Waals surface area contributed by atoms with Crippen molar-refractivity contribution in [3.05, 3.63) is 23.9 Å². The van der Waals surface area contributed by atoms with Crippen molar-refractivity contribution in [2.45, 2.75) is 33.6 Å². The number of pyridine rings is 1. The Morgan fingerprint density at radius 3 is 3.00 bits per heavy atom. The summed E-state index contributed by atoms with van der Waals surface area (Å²) in [6, 6.07) is 3.64. The molecular weight excluding hydrogens is 238 g/mol. The zero-order valence-electron chi connectivity index (χ0n) is 12.1. The quantitative estimate of drug-likeness (QED) is 0.910. The van der Waals surface area contributed by atoms with E-state index in [1.54, 1.807) is 12.3 Å². The third kappa shape index (κ3) is 3.46. The predicted octanol–water partition coefficient (Wildman–Crippen LogP) is 2.78. The fourth-order valence-electron chi connectivity index (χ4n) is 2.62. The molecule has 4 nitrogen and oxygen atoms in total. The van der Waals surface area contributed by atoms with Gasteiger partial charge in [-0.3, -0.25) is 4.79 Å². The molecule has 0 bridgehead atoms. The maximum absolute atomic E-state index is 12.5. The second-order valence-corrected chi connectivity index (χ2v) is 5.95. The van der Waals surface area contributed by atoms with Crippen LogP contribution in [-0.4, -0.2) is 35.4 Å². The van der Waals surface area contributed by atoms with Gasteiger partial charge in [0.25, 0.3) is 5.91 Å².